The maximum atomic E-state index is 17.0. The van der Waals surface area contributed by atoms with Crippen molar-refractivity contribution in [2.45, 2.75) is 75.2 Å². The number of anilines is 4. The zero-order valence-electron chi connectivity index (χ0n) is 43.8. The molecule has 3 N–H and O–H groups in total. The molecule has 2 aromatic heterocycles. The molecule has 6 aliphatic rings. The smallest absolute Gasteiger partial charge is 0.319 e. The number of hydrogen-bond acceptors (Lipinski definition) is 15. The Labute approximate surface area is 446 Å². The van der Waals surface area contributed by atoms with Crippen LogP contribution in [0.1, 0.15) is 56.9 Å². The van der Waals surface area contributed by atoms with Crippen LogP contribution in [0.4, 0.5) is 36.1 Å². The fourth-order valence-electron chi connectivity index (χ4n) is 12.7. The van der Waals surface area contributed by atoms with E-state index in [0.717, 1.165) is 89.3 Å². The molecule has 3 amide bonds. The van der Waals surface area contributed by atoms with Crippen LogP contribution in [0.3, 0.4) is 0 Å². The zero-order chi connectivity index (χ0) is 53.5. The van der Waals surface area contributed by atoms with E-state index in [1.54, 1.807) is 7.05 Å². The number of rotatable bonds is 15. The molecule has 3 aromatic carbocycles. The van der Waals surface area contributed by atoms with E-state index in [1.807, 2.05) is 30.1 Å². The van der Waals surface area contributed by atoms with E-state index in [2.05, 4.69) is 51.0 Å². The van der Waals surface area contributed by atoms with E-state index >= 15 is 13.2 Å². The largest absolute Gasteiger partial charge is 0.508 e. The number of phenolic OH excluding ortho intramolecular Hbond substituents is 1. The number of nitrogens with one attached hydrogen (secondary N) is 2. The molecule has 8 heterocycles. The lowest BCUT2D eigenvalue weighted by Gasteiger charge is -2.43. The molecule has 17 nitrogen and oxygen atoms in total. The summed E-state index contributed by atoms with van der Waals surface area (Å²) in [6.07, 6.45) is 13.7. The van der Waals surface area contributed by atoms with Gasteiger partial charge in [-0.25, -0.2) is 13.2 Å². The van der Waals surface area contributed by atoms with Gasteiger partial charge in [0.25, 0.3) is 0 Å². The maximum Gasteiger partial charge on any atom is 0.319 e. The van der Waals surface area contributed by atoms with E-state index in [4.69, 9.17) is 16.1 Å². The van der Waals surface area contributed by atoms with Crippen LogP contribution in [0.2, 0.25) is 0 Å². The van der Waals surface area contributed by atoms with Crippen LogP contribution in [0.15, 0.2) is 48.7 Å². The summed E-state index contributed by atoms with van der Waals surface area (Å²) in [4.78, 5) is 65.3. The first-order valence-corrected chi connectivity index (χ1v) is 27.1. The quantitative estimate of drug-likeness (QED) is 0.0702. The number of likely N-dealkylation sites (N-methyl/N-ethyl adjacent to an activating group) is 1. The van der Waals surface area contributed by atoms with Crippen LogP contribution >= 0.6 is 0 Å². The molecule has 11 rings (SSSR count). The van der Waals surface area contributed by atoms with E-state index < -0.39 is 23.3 Å². The van der Waals surface area contributed by atoms with Crippen LogP contribution in [-0.4, -0.2) is 183 Å². The number of fused-ring (bicyclic) bond motifs is 4. The maximum absolute atomic E-state index is 17.0. The number of nitrogens with zero attached hydrogens (tertiary/aromatic N) is 10. The predicted octanol–water partition coefficient (Wildman–Crippen LogP) is 5.30. The number of ether oxygens (including phenoxy) is 1. The SMILES string of the molecule is C#Cc1c(F)ccc2cc(O)cc(-c3ncc4c(N5CC6CCC(C5)N6)nc(OCCN5CCC(F)(CN6CCN(CC7CCN(c8ccc(N(C)C9CCC(=O)NC9=O)c(N(C)C=O)c8)CC7)CC6)CC5)nc4c3F)c12. The van der Waals surface area contributed by atoms with Gasteiger partial charge in [-0.15, -0.1) is 6.42 Å². The number of likely N-dealkylation sites (tertiary alicyclic amines) is 1. The molecule has 0 radical (unpaired) electrons. The van der Waals surface area contributed by atoms with E-state index in [-0.39, 0.29) is 76.4 Å². The number of benzene rings is 3. The molecule has 0 aliphatic carbocycles. The van der Waals surface area contributed by atoms with Gasteiger partial charge in [-0.3, -0.25) is 34.5 Å². The highest BCUT2D eigenvalue weighted by Gasteiger charge is 2.39. The number of phenols is 1. The number of alkyl halides is 1. The first kappa shape index (κ1) is 52.3. The highest BCUT2D eigenvalue weighted by Crippen LogP contribution is 2.40. The van der Waals surface area contributed by atoms with Gasteiger partial charge < -0.3 is 39.7 Å². The van der Waals surface area contributed by atoms with Gasteiger partial charge in [-0.1, -0.05) is 12.0 Å². The van der Waals surface area contributed by atoms with Crippen molar-refractivity contribution in [2.75, 3.05) is 125 Å². The number of amides is 3. The molecule has 406 valence electrons. The van der Waals surface area contributed by atoms with Crippen molar-refractivity contribution in [1.82, 2.24) is 40.3 Å². The average Bonchev–Trinajstić information content (AvgIpc) is 3.82. The van der Waals surface area contributed by atoms with Crippen LogP contribution in [0, 0.1) is 29.9 Å². The highest BCUT2D eigenvalue weighted by molar-refractivity contribution is 6.04. The minimum absolute atomic E-state index is 0.00585. The first-order valence-electron chi connectivity index (χ1n) is 27.1. The lowest BCUT2D eigenvalue weighted by molar-refractivity contribution is -0.134. The Balaban J connectivity index is 0.669. The number of carbonyl (C=O) groups excluding carboxylic acids is 3. The number of aromatic hydroxyl groups is 1. The molecule has 3 unspecified atom stereocenters. The summed E-state index contributed by atoms with van der Waals surface area (Å²) in [6, 6.07) is 11.5. The standard InChI is InChI=1S/C57H67F3N12O5/c1-4-42-45(58)9-5-37-27-41(74)29-43(50(37)42)52-51(59)53-44(30-61-52)54(72-32-38-6-7-39(33-72)62-38)65-56(64-53)77-26-25-68-19-15-57(60,16-20-68)34-70-23-21-69(22-24-70)31-36-13-17-71(18-14-36)40-8-10-46(48(28-40)66(2)35-73)67(3)47-11-12-49(75)63-55(47)76/h1,5,8-10,27-30,35-36,38-39,47,62,74H,6-7,11-26,31-34H2,2-3H3,(H,63,75,76). The molecule has 6 saturated heterocycles. The summed E-state index contributed by atoms with van der Waals surface area (Å²) < 4.78 is 54.8. The second-order valence-corrected chi connectivity index (χ2v) is 22.0. The molecule has 0 spiro atoms. The van der Waals surface area contributed by atoms with Gasteiger partial charge in [0.1, 0.15) is 46.9 Å². The molecule has 2 bridgehead atoms. The molecule has 0 saturated carbocycles. The van der Waals surface area contributed by atoms with Gasteiger partial charge >= 0.3 is 6.01 Å². The van der Waals surface area contributed by atoms with Crippen molar-refractivity contribution in [3.63, 3.8) is 0 Å². The topological polar surface area (TPSA) is 166 Å². The van der Waals surface area contributed by atoms with Crippen LogP contribution < -0.4 is 35.0 Å². The monoisotopic (exact) mass is 1060 g/mol. The minimum Gasteiger partial charge on any atom is -0.508 e. The van der Waals surface area contributed by atoms with Gasteiger partial charge in [0.2, 0.25) is 18.2 Å². The molecular formula is C57H67F3N12O5. The average molecular weight is 1060 g/mol. The molecule has 20 heteroatoms. The Morgan fingerprint density at radius 3 is 2.34 bits per heavy atom. The summed E-state index contributed by atoms with van der Waals surface area (Å²) in [5.41, 5.74) is 1.10. The fraction of sp³-hybridized carbons (Fsp3) is 0.509. The second kappa shape index (κ2) is 21.9. The van der Waals surface area contributed by atoms with Crippen LogP contribution in [-0.2, 0) is 14.4 Å². The van der Waals surface area contributed by atoms with Crippen molar-refractivity contribution in [1.29, 1.82) is 0 Å². The van der Waals surface area contributed by atoms with E-state index in [9.17, 15) is 19.5 Å². The lowest BCUT2D eigenvalue weighted by Crippen LogP contribution is -2.54. The highest BCUT2D eigenvalue weighted by atomic mass is 19.1. The molecule has 6 aliphatic heterocycles. The van der Waals surface area contributed by atoms with Crippen molar-refractivity contribution >= 4 is 62.8 Å². The Hall–Kier alpha value is -6.79. The van der Waals surface area contributed by atoms with Crippen molar-refractivity contribution in [2.24, 2.45) is 5.92 Å². The third-order valence-electron chi connectivity index (χ3n) is 17.0. The zero-order valence-corrected chi connectivity index (χ0v) is 43.8. The van der Waals surface area contributed by atoms with Gasteiger partial charge in [0, 0.05) is 141 Å². The van der Waals surface area contributed by atoms with E-state index in [0.29, 0.717) is 86.7 Å². The predicted molar refractivity (Wildman–Crippen MR) is 290 cm³/mol. The Morgan fingerprint density at radius 2 is 1.62 bits per heavy atom. The number of pyridine rings is 1. The minimum atomic E-state index is -1.29. The molecule has 3 atom stereocenters. The number of aromatic nitrogens is 3. The Bertz CT molecular complexity index is 3090. The molecular weight excluding hydrogens is 990 g/mol. The van der Waals surface area contributed by atoms with Crippen LogP contribution in [0.25, 0.3) is 32.9 Å². The Morgan fingerprint density at radius 1 is 0.883 bits per heavy atom. The summed E-state index contributed by atoms with van der Waals surface area (Å²) in [6.45, 7) is 9.86. The number of terminal acetylenes is 1. The number of carbonyl (C=O) groups is 3. The van der Waals surface area contributed by atoms with E-state index in [1.165, 1.54) is 35.4 Å². The second-order valence-electron chi connectivity index (χ2n) is 22.0. The Kier molecular flexibility index (Phi) is 14.9. The van der Waals surface area contributed by atoms with Crippen LogP contribution in [0.5, 0.6) is 11.8 Å². The number of imide groups is 1. The first-order chi connectivity index (χ1) is 37.2. The number of piperazine rings is 2. The third-order valence-corrected chi connectivity index (χ3v) is 17.0. The van der Waals surface area contributed by atoms with Gasteiger partial charge in [0.05, 0.1) is 22.3 Å². The molecule has 5 aromatic rings. The summed E-state index contributed by atoms with van der Waals surface area (Å²) in [5.74, 6) is 1.28. The fourth-order valence-corrected chi connectivity index (χ4v) is 12.7. The lowest BCUT2D eigenvalue weighted by atomic mass is 9.92. The van der Waals surface area contributed by atoms with Crippen molar-refractivity contribution in [3.05, 3.63) is 65.9 Å². The number of halogens is 3. The normalized spacial score (nSPS) is 22.6. The third kappa shape index (κ3) is 10.9. The molecule has 77 heavy (non-hydrogen) atoms. The van der Waals surface area contributed by atoms with Crippen molar-refractivity contribution in [3.8, 4) is 35.4 Å². The molecule has 6 fully saturated rings. The number of hydrogen-bond donors (Lipinski definition) is 3. The van der Waals surface area contributed by atoms with Gasteiger partial charge in [0.15, 0.2) is 5.82 Å². The summed E-state index contributed by atoms with van der Waals surface area (Å²) in [7, 11) is 3.53. The van der Waals surface area contributed by atoms with Gasteiger partial charge in [-0.05, 0) is 92.6 Å². The summed E-state index contributed by atoms with van der Waals surface area (Å²) in [5, 5.41) is 17.8. The van der Waals surface area contributed by atoms with Crippen molar-refractivity contribution < 1.29 is 37.4 Å². The van der Waals surface area contributed by atoms with Gasteiger partial charge in [-0.2, -0.15) is 9.97 Å². The summed E-state index contributed by atoms with van der Waals surface area (Å²) >= 11 is 0. The number of piperidine rings is 3.